The summed E-state index contributed by atoms with van der Waals surface area (Å²) < 4.78 is 5.69. The Morgan fingerprint density at radius 1 is 1.29 bits per heavy atom. The Labute approximate surface area is 126 Å². The summed E-state index contributed by atoms with van der Waals surface area (Å²) >= 11 is 0. The van der Waals surface area contributed by atoms with Gasteiger partial charge in [0.15, 0.2) is 0 Å². The summed E-state index contributed by atoms with van der Waals surface area (Å²) in [5.41, 5.74) is 0. The minimum Gasteiger partial charge on any atom is -0.480 e. The third-order valence-electron chi connectivity index (χ3n) is 3.74. The van der Waals surface area contributed by atoms with E-state index in [0.29, 0.717) is 25.7 Å². The van der Waals surface area contributed by atoms with Gasteiger partial charge in [-0.3, -0.25) is 0 Å². The Balaban J connectivity index is 2.12. The standard InChI is InChI=1S/C15H28N2O4/c1-2-3-9-13(14(18)19)17-15(20)16-10-11-21-12-7-5-4-6-8-12/h12-13H,2-11H2,1H3,(H,18,19)(H2,16,17,20)/t13-/m0/s1. The van der Waals surface area contributed by atoms with Crippen molar-refractivity contribution in [3.63, 3.8) is 0 Å². The Morgan fingerprint density at radius 3 is 2.62 bits per heavy atom. The first-order valence-corrected chi connectivity index (χ1v) is 8.02. The lowest BCUT2D eigenvalue weighted by Crippen LogP contribution is -2.46. The van der Waals surface area contributed by atoms with Gasteiger partial charge in [0.25, 0.3) is 0 Å². The maximum absolute atomic E-state index is 11.6. The highest BCUT2D eigenvalue weighted by Gasteiger charge is 2.19. The van der Waals surface area contributed by atoms with Gasteiger partial charge in [0.1, 0.15) is 6.04 Å². The van der Waals surface area contributed by atoms with Crippen molar-refractivity contribution in [3.8, 4) is 0 Å². The van der Waals surface area contributed by atoms with Gasteiger partial charge in [-0.25, -0.2) is 9.59 Å². The van der Waals surface area contributed by atoms with E-state index in [9.17, 15) is 9.59 Å². The topological polar surface area (TPSA) is 87.7 Å². The fraction of sp³-hybridized carbons (Fsp3) is 0.867. The molecule has 0 aliphatic heterocycles. The summed E-state index contributed by atoms with van der Waals surface area (Å²) in [7, 11) is 0. The Hall–Kier alpha value is -1.30. The number of carboxylic acids is 1. The number of rotatable bonds is 9. The average molecular weight is 300 g/mol. The first kappa shape index (κ1) is 17.8. The van der Waals surface area contributed by atoms with E-state index in [1.807, 2.05) is 6.92 Å². The van der Waals surface area contributed by atoms with Gasteiger partial charge in [0.2, 0.25) is 0 Å². The van der Waals surface area contributed by atoms with Crippen LogP contribution in [0.4, 0.5) is 4.79 Å². The molecule has 0 spiro atoms. The zero-order chi connectivity index (χ0) is 15.5. The zero-order valence-electron chi connectivity index (χ0n) is 12.9. The number of carboxylic acid groups (broad SMARTS) is 1. The summed E-state index contributed by atoms with van der Waals surface area (Å²) in [5.74, 6) is -0.989. The van der Waals surface area contributed by atoms with E-state index in [-0.39, 0.29) is 0 Å². The highest BCUT2D eigenvalue weighted by Crippen LogP contribution is 2.19. The number of amides is 2. The molecule has 0 heterocycles. The summed E-state index contributed by atoms with van der Waals surface area (Å²) in [6.45, 7) is 2.87. The molecule has 0 radical (unpaired) electrons. The van der Waals surface area contributed by atoms with Gasteiger partial charge in [-0.15, -0.1) is 0 Å². The lowest BCUT2D eigenvalue weighted by atomic mass is 9.98. The number of nitrogens with one attached hydrogen (secondary N) is 2. The molecule has 0 aromatic carbocycles. The fourth-order valence-electron chi connectivity index (χ4n) is 2.50. The van der Waals surface area contributed by atoms with E-state index in [4.69, 9.17) is 9.84 Å². The molecule has 0 aromatic rings. The lowest BCUT2D eigenvalue weighted by molar-refractivity contribution is -0.139. The van der Waals surface area contributed by atoms with Gasteiger partial charge in [-0.2, -0.15) is 0 Å². The molecule has 6 nitrogen and oxygen atoms in total. The van der Waals surface area contributed by atoms with E-state index in [2.05, 4.69) is 10.6 Å². The van der Waals surface area contributed by atoms with Gasteiger partial charge in [0.05, 0.1) is 12.7 Å². The minimum atomic E-state index is -0.989. The predicted molar refractivity (Wildman–Crippen MR) is 80.3 cm³/mol. The Morgan fingerprint density at radius 2 is 2.00 bits per heavy atom. The zero-order valence-corrected chi connectivity index (χ0v) is 12.9. The predicted octanol–water partition coefficient (Wildman–Crippen LogP) is 2.28. The summed E-state index contributed by atoms with van der Waals surface area (Å²) in [5, 5.41) is 14.2. The number of ether oxygens (including phenoxy) is 1. The van der Waals surface area contributed by atoms with Crippen molar-refractivity contribution in [1.29, 1.82) is 0 Å². The molecule has 1 aliphatic carbocycles. The van der Waals surface area contributed by atoms with Crippen molar-refractivity contribution < 1.29 is 19.4 Å². The molecule has 0 unspecified atom stereocenters. The molecule has 1 fully saturated rings. The molecule has 0 saturated heterocycles. The molecular formula is C15H28N2O4. The van der Waals surface area contributed by atoms with Gasteiger partial charge in [-0.1, -0.05) is 39.0 Å². The second-order valence-corrected chi connectivity index (χ2v) is 5.56. The Bertz CT molecular complexity index is 317. The summed E-state index contributed by atoms with van der Waals surface area (Å²) in [6.07, 6.45) is 8.39. The molecule has 1 aliphatic rings. The molecule has 1 atom stereocenters. The van der Waals surface area contributed by atoms with Crippen LogP contribution < -0.4 is 10.6 Å². The third kappa shape index (κ3) is 7.90. The Kier molecular flexibility index (Phi) is 8.82. The van der Waals surface area contributed by atoms with Gasteiger partial charge in [0, 0.05) is 6.54 Å². The second kappa shape index (κ2) is 10.4. The minimum absolute atomic E-state index is 0.319. The van der Waals surface area contributed by atoms with Crippen LogP contribution >= 0.6 is 0 Å². The molecule has 3 N–H and O–H groups in total. The van der Waals surface area contributed by atoms with Crippen LogP contribution in [-0.2, 0) is 9.53 Å². The number of hydrogen-bond donors (Lipinski definition) is 3. The first-order chi connectivity index (χ1) is 10.1. The molecule has 0 bridgehead atoms. The van der Waals surface area contributed by atoms with Crippen molar-refractivity contribution in [2.45, 2.75) is 70.4 Å². The van der Waals surface area contributed by atoms with Crippen molar-refractivity contribution in [2.24, 2.45) is 0 Å². The van der Waals surface area contributed by atoms with E-state index >= 15 is 0 Å². The van der Waals surface area contributed by atoms with E-state index in [0.717, 1.165) is 25.7 Å². The quantitative estimate of drug-likeness (QED) is 0.570. The molecule has 1 saturated carbocycles. The van der Waals surface area contributed by atoms with Crippen molar-refractivity contribution >= 4 is 12.0 Å². The average Bonchev–Trinajstić information content (AvgIpc) is 2.48. The first-order valence-electron chi connectivity index (χ1n) is 8.02. The number of carbonyl (C=O) groups excluding carboxylic acids is 1. The van der Waals surface area contributed by atoms with Gasteiger partial charge < -0.3 is 20.5 Å². The van der Waals surface area contributed by atoms with Crippen LogP contribution in [0.15, 0.2) is 0 Å². The molecule has 122 valence electrons. The van der Waals surface area contributed by atoms with Gasteiger partial charge >= 0.3 is 12.0 Å². The summed E-state index contributed by atoms with van der Waals surface area (Å²) in [4.78, 5) is 22.6. The van der Waals surface area contributed by atoms with Crippen LogP contribution in [0.2, 0.25) is 0 Å². The third-order valence-corrected chi connectivity index (χ3v) is 3.74. The number of urea groups is 1. The monoisotopic (exact) mass is 300 g/mol. The highest BCUT2D eigenvalue weighted by molar-refractivity contribution is 5.82. The van der Waals surface area contributed by atoms with Gasteiger partial charge in [-0.05, 0) is 19.3 Å². The van der Waals surface area contributed by atoms with Crippen molar-refractivity contribution in [2.75, 3.05) is 13.2 Å². The smallest absolute Gasteiger partial charge is 0.326 e. The molecule has 1 rings (SSSR count). The molecule has 0 aromatic heterocycles. The number of hydrogen-bond acceptors (Lipinski definition) is 3. The number of aliphatic carboxylic acids is 1. The SMILES string of the molecule is CCCC[C@H](NC(=O)NCCOC1CCCCC1)C(=O)O. The van der Waals surface area contributed by atoms with Crippen LogP contribution in [0.1, 0.15) is 58.3 Å². The number of unbranched alkanes of at least 4 members (excludes halogenated alkanes) is 1. The van der Waals surface area contributed by atoms with Crippen molar-refractivity contribution in [1.82, 2.24) is 10.6 Å². The molecule has 2 amide bonds. The second-order valence-electron chi connectivity index (χ2n) is 5.56. The molecule has 21 heavy (non-hydrogen) atoms. The van der Waals surface area contributed by atoms with Crippen LogP contribution in [0, 0.1) is 0 Å². The fourth-order valence-corrected chi connectivity index (χ4v) is 2.50. The van der Waals surface area contributed by atoms with E-state index < -0.39 is 18.0 Å². The van der Waals surface area contributed by atoms with Crippen molar-refractivity contribution in [3.05, 3.63) is 0 Å². The number of carbonyl (C=O) groups is 2. The maximum Gasteiger partial charge on any atom is 0.326 e. The van der Waals surface area contributed by atoms with E-state index in [1.54, 1.807) is 0 Å². The highest BCUT2D eigenvalue weighted by atomic mass is 16.5. The van der Waals surface area contributed by atoms with Crippen LogP contribution in [0.3, 0.4) is 0 Å². The normalized spacial score (nSPS) is 17.2. The van der Waals surface area contributed by atoms with Crippen LogP contribution in [0.5, 0.6) is 0 Å². The van der Waals surface area contributed by atoms with E-state index in [1.165, 1.54) is 19.3 Å². The molecular weight excluding hydrogens is 272 g/mol. The molecule has 6 heteroatoms. The lowest BCUT2D eigenvalue weighted by Gasteiger charge is -2.22. The maximum atomic E-state index is 11.6. The van der Waals surface area contributed by atoms with Crippen LogP contribution in [0.25, 0.3) is 0 Å². The largest absolute Gasteiger partial charge is 0.480 e. The van der Waals surface area contributed by atoms with Crippen LogP contribution in [-0.4, -0.2) is 42.4 Å². The summed E-state index contributed by atoms with van der Waals surface area (Å²) in [6, 6.07) is -1.25.